The molecule has 3 heterocycles. The summed E-state index contributed by atoms with van der Waals surface area (Å²) < 4.78 is 23.8. The molecule has 1 spiro atoms. The van der Waals surface area contributed by atoms with E-state index >= 15 is 0 Å². The van der Waals surface area contributed by atoms with Crippen LogP contribution in [-0.2, 0) is 15.0 Å². The Hall–Kier alpha value is -3.65. The van der Waals surface area contributed by atoms with Crippen molar-refractivity contribution in [2.24, 2.45) is 10.7 Å². The third-order valence-electron chi connectivity index (χ3n) is 5.79. The maximum atomic E-state index is 6.25. The highest BCUT2D eigenvalue weighted by Crippen LogP contribution is 2.52. The number of rotatable bonds is 6. The van der Waals surface area contributed by atoms with Crippen molar-refractivity contribution in [3.8, 4) is 28.4 Å². The van der Waals surface area contributed by atoms with Crippen LogP contribution in [0.1, 0.15) is 31.9 Å². The molecule has 0 saturated carbocycles. The Morgan fingerprint density at radius 2 is 1.76 bits per heavy atom. The smallest absolute Gasteiger partial charge is 0.283 e. The van der Waals surface area contributed by atoms with E-state index in [-0.39, 0.29) is 12.6 Å². The Morgan fingerprint density at radius 3 is 2.45 bits per heavy atom. The third kappa shape index (κ3) is 3.87. The number of fused-ring (bicyclic) bond motifs is 4. The van der Waals surface area contributed by atoms with E-state index in [9.17, 15) is 0 Å². The van der Waals surface area contributed by atoms with Gasteiger partial charge in [-0.05, 0) is 56.7 Å². The average molecular weight is 447 g/mol. The molecule has 1 aromatic heterocycles. The predicted octanol–water partition coefficient (Wildman–Crippen LogP) is 4.03. The van der Waals surface area contributed by atoms with Gasteiger partial charge in [0.2, 0.25) is 0 Å². The van der Waals surface area contributed by atoms with Gasteiger partial charge in [0.25, 0.3) is 6.02 Å². The van der Waals surface area contributed by atoms with E-state index in [0.717, 1.165) is 22.3 Å². The molecule has 0 unspecified atom stereocenters. The van der Waals surface area contributed by atoms with Crippen LogP contribution in [0.2, 0.25) is 0 Å². The van der Waals surface area contributed by atoms with Gasteiger partial charge in [0, 0.05) is 35.7 Å². The number of ether oxygens (including phenoxy) is 4. The fourth-order valence-electron chi connectivity index (χ4n) is 4.24. The summed E-state index contributed by atoms with van der Waals surface area (Å²) in [6, 6.07) is 11.8. The van der Waals surface area contributed by atoms with Crippen molar-refractivity contribution in [3.05, 3.63) is 66.2 Å². The van der Waals surface area contributed by atoms with Gasteiger partial charge in [-0.1, -0.05) is 6.07 Å². The van der Waals surface area contributed by atoms with Gasteiger partial charge in [-0.25, -0.2) is 15.0 Å². The molecular formula is C25H26N4O4. The topological polar surface area (TPSA) is 101 Å². The minimum absolute atomic E-state index is 0.144. The summed E-state index contributed by atoms with van der Waals surface area (Å²) in [6.07, 6.45) is 5.05. The van der Waals surface area contributed by atoms with Crippen LogP contribution in [0.25, 0.3) is 11.1 Å². The normalized spacial score (nSPS) is 18.7. The number of aliphatic imine (C=N–C) groups is 1. The molecule has 2 aliphatic rings. The Morgan fingerprint density at radius 1 is 1.03 bits per heavy atom. The number of benzene rings is 2. The lowest BCUT2D eigenvalue weighted by Crippen LogP contribution is -2.33. The molecule has 8 heteroatoms. The zero-order valence-corrected chi connectivity index (χ0v) is 18.9. The molecule has 3 aromatic rings. The number of amidine groups is 1. The van der Waals surface area contributed by atoms with Crippen molar-refractivity contribution in [3.63, 3.8) is 0 Å². The predicted molar refractivity (Wildman–Crippen MR) is 124 cm³/mol. The molecule has 0 bridgehead atoms. The molecule has 0 amide bonds. The number of hydrogen-bond donors (Lipinski definition) is 1. The van der Waals surface area contributed by atoms with Crippen LogP contribution >= 0.6 is 0 Å². The maximum absolute atomic E-state index is 6.25. The third-order valence-corrected chi connectivity index (χ3v) is 5.79. The number of aromatic nitrogens is 2. The summed E-state index contributed by atoms with van der Waals surface area (Å²) in [5.74, 6) is 2.09. The first-order valence-electron chi connectivity index (χ1n) is 10.9. The lowest BCUT2D eigenvalue weighted by Gasteiger charge is -2.34. The number of nitrogens with two attached hydrogens (primary N) is 1. The lowest BCUT2D eigenvalue weighted by atomic mass is 9.80. The second-order valence-corrected chi connectivity index (χ2v) is 8.68. The highest BCUT2D eigenvalue weighted by molar-refractivity contribution is 5.78. The van der Waals surface area contributed by atoms with Gasteiger partial charge in [0.1, 0.15) is 36.8 Å². The van der Waals surface area contributed by atoms with Crippen molar-refractivity contribution < 1.29 is 18.9 Å². The van der Waals surface area contributed by atoms with Gasteiger partial charge in [0.05, 0.1) is 5.60 Å². The fraction of sp³-hybridized carbons (Fsp3) is 0.320. The largest absolute Gasteiger partial charge is 0.491 e. The second-order valence-electron chi connectivity index (χ2n) is 8.68. The molecule has 2 N–H and O–H groups in total. The van der Waals surface area contributed by atoms with Gasteiger partial charge >= 0.3 is 0 Å². The van der Waals surface area contributed by atoms with Crippen molar-refractivity contribution in [2.75, 3.05) is 19.8 Å². The maximum Gasteiger partial charge on any atom is 0.283 e. The quantitative estimate of drug-likeness (QED) is 0.610. The zero-order valence-electron chi connectivity index (χ0n) is 18.9. The molecule has 2 aliphatic heterocycles. The molecular weight excluding hydrogens is 420 g/mol. The number of nitrogens with zero attached hydrogens (tertiary/aromatic N) is 3. The van der Waals surface area contributed by atoms with Crippen molar-refractivity contribution in [1.82, 2.24) is 9.97 Å². The minimum Gasteiger partial charge on any atom is -0.491 e. The Kier molecular flexibility index (Phi) is 5.17. The average Bonchev–Trinajstić information content (AvgIpc) is 3.21. The summed E-state index contributed by atoms with van der Waals surface area (Å²) in [6.45, 7) is 7.27. The van der Waals surface area contributed by atoms with Crippen LogP contribution in [0.3, 0.4) is 0 Å². The Labute approximate surface area is 192 Å². The van der Waals surface area contributed by atoms with Crippen molar-refractivity contribution >= 4 is 6.02 Å². The van der Waals surface area contributed by atoms with Gasteiger partial charge < -0.3 is 24.7 Å². The first-order chi connectivity index (χ1) is 15.9. The van der Waals surface area contributed by atoms with E-state index in [2.05, 4.69) is 9.97 Å². The monoisotopic (exact) mass is 446 g/mol. The number of hydrogen-bond acceptors (Lipinski definition) is 8. The Balaban J connectivity index is 1.57. The lowest BCUT2D eigenvalue weighted by molar-refractivity contribution is -0.0407. The van der Waals surface area contributed by atoms with E-state index in [0.29, 0.717) is 30.5 Å². The van der Waals surface area contributed by atoms with Crippen LogP contribution in [0, 0.1) is 0 Å². The van der Waals surface area contributed by atoms with Crippen LogP contribution < -0.4 is 15.2 Å². The standard InChI is InChI=1S/C25H26N4O4/c1-4-32-24(2,3)13-30-18-6-8-22-20(10-18)25(14-31-23(26)29-25)19-9-16(5-7-21(19)33-22)17-11-27-15-28-12-17/h5-12,15H,4,13-14H2,1-3H3,(H2,26,29)/t25-/m0/s1. The summed E-state index contributed by atoms with van der Waals surface area (Å²) in [7, 11) is 0. The molecule has 0 fully saturated rings. The van der Waals surface area contributed by atoms with E-state index in [1.807, 2.05) is 57.2 Å². The molecule has 2 aromatic carbocycles. The molecule has 170 valence electrons. The molecule has 5 rings (SSSR count). The van der Waals surface area contributed by atoms with Crippen LogP contribution in [0.5, 0.6) is 17.2 Å². The first-order valence-corrected chi connectivity index (χ1v) is 10.9. The van der Waals surface area contributed by atoms with Gasteiger partial charge in [-0.3, -0.25) is 0 Å². The van der Waals surface area contributed by atoms with E-state index in [1.165, 1.54) is 6.33 Å². The van der Waals surface area contributed by atoms with Gasteiger partial charge in [0.15, 0.2) is 5.54 Å². The first kappa shape index (κ1) is 21.2. The summed E-state index contributed by atoms with van der Waals surface area (Å²) in [5, 5.41) is 0. The van der Waals surface area contributed by atoms with Gasteiger partial charge in [-0.15, -0.1) is 0 Å². The zero-order chi connectivity index (χ0) is 23.1. The molecule has 8 nitrogen and oxygen atoms in total. The molecule has 1 atom stereocenters. The summed E-state index contributed by atoms with van der Waals surface area (Å²) >= 11 is 0. The molecule has 0 radical (unpaired) electrons. The molecule has 0 saturated heterocycles. The minimum atomic E-state index is -0.840. The molecule has 33 heavy (non-hydrogen) atoms. The Bertz CT molecular complexity index is 1210. The van der Waals surface area contributed by atoms with Gasteiger partial charge in [-0.2, -0.15) is 0 Å². The fourth-order valence-corrected chi connectivity index (χ4v) is 4.24. The van der Waals surface area contributed by atoms with Crippen molar-refractivity contribution in [2.45, 2.75) is 31.9 Å². The van der Waals surface area contributed by atoms with E-state index in [4.69, 9.17) is 29.7 Å². The van der Waals surface area contributed by atoms with E-state index < -0.39 is 11.1 Å². The van der Waals surface area contributed by atoms with Crippen LogP contribution in [0.4, 0.5) is 0 Å². The SMILES string of the molecule is CCOC(C)(C)COc1ccc2c(c1)[C@]1(COC(N)=N1)c1cc(-c3cncnc3)ccc1O2. The van der Waals surface area contributed by atoms with Crippen LogP contribution in [0.15, 0.2) is 60.1 Å². The summed E-state index contributed by atoms with van der Waals surface area (Å²) in [4.78, 5) is 13.0. The highest BCUT2D eigenvalue weighted by atomic mass is 16.5. The van der Waals surface area contributed by atoms with E-state index in [1.54, 1.807) is 12.4 Å². The highest BCUT2D eigenvalue weighted by Gasteiger charge is 2.47. The van der Waals surface area contributed by atoms with Crippen LogP contribution in [-0.4, -0.2) is 41.4 Å². The second kappa shape index (κ2) is 8.04. The molecule has 0 aliphatic carbocycles. The summed E-state index contributed by atoms with van der Waals surface area (Å²) in [5.41, 5.74) is 8.31. The van der Waals surface area contributed by atoms with Crippen molar-refractivity contribution in [1.29, 1.82) is 0 Å².